The number of carbonyl (C=O) groups is 1. The molecule has 114 valence electrons. The number of benzene rings is 2. The summed E-state index contributed by atoms with van der Waals surface area (Å²) in [5, 5.41) is 0. The van der Waals surface area contributed by atoms with Crippen LogP contribution in [0.3, 0.4) is 0 Å². The largest absolute Gasteiger partial charge is 0.341 e. The maximum Gasteiger partial charge on any atom is 0.244 e. The van der Waals surface area contributed by atoms with Crippen LogP contribution in [0.25, 0.3) is 0 Å². The van der Waals surface area contributed by atoms with E-state index < -0.39 is 6.04 Å². The Labute approximate surface area is 131 Å². The van der Waals surface area contributed by atoms with E-state index in [1.165, 1.54) is 5.56 Å². The second kappa shape index (κ2) is 6.75. The van der Waals surface area contributed by atoms with Crippen molar-refractivity contribution in [2.45, 2.75) is 24.8 Å². The van der Waals surface area contributed by atoms with Crippen LogP contribution in [0.4, 0.5) is 0 Å². The monoisotopic (exact) mass is 294 g/mol. The maximum atomic E-state index is 12.5. The van der Waals surface area contributed by atoms with Gasteiger partial charge in [0.1, 0.15) is 6.04 Å². The average Bonchev–Trinajstić information content (AvgIpc) is 2.62. The van der Waals surface area contributed by atoms with Crippen molar-refractivity contribution >= 4 is 5.91 Å². The van der Waals surface area contributed by atoms with Crippen LogP contribution in [0.5, 0.6) is 0 Å². The lowest BCUT2D eigenvalue weighted by atomic mass is 9.89. The van der Waals surface area contributed by atoms with Crippen molar-refractivity contribution in [3.8, 4) is 0 Å². The van der Waals surface area contributed by atoms with Gasteiger partial charge in [0.05, 0.1) is 0 Å². The van der Waals surface area contributed by atoms with E-state index >= 15 is 0 Å². The van der Waals surface area contributed by atoms with Gasteiger partial charge in [0.25, 0.3) is 0 Å². The van der Waals surface area contributed by atoms with Gasteiger partial charge in [-0.2, -0.15) is 0 Å². The molecule has 1 aliphatic heterocycles. The molecular weight excluding hydrogens is 272 g/mol. The topological polar surface area (TPSA) is 46.3 Å². The minimum atomic E-state index is -0.547. The zero-order chi connectivity index (χ0) is 15.4. The number of carbonyl (C=O) groups excluding carboxylic acids is 1. The lowest BCUT2D eigenvalue weighted by Crippen LogP contribution is -2.42. The Balaban J connectivity index is 1.60. The van der Waals surface area contributed by atoms with Crippen LogP contribution in [-0.4, -0.2) is 23.9 Å². The molecule has 1 saturated heterocycles. The van der Waals surface area contributed by atoms with E-state index in [0.29, 0.717) is 5.92 Å². The number of likely N-dealkylation sites (tertiary alicyclic amines) is 1. The third-order valence-corrected chi connectivity index (χ3v) is 4.50. The maximum absolute atomic E-state index is 12.5. The molecule has 2 aromatic carbocycles. The number of nitrogens with two attached hydrogens (primary N) is 1. The molecule has 3 nitrogen and oxygen atoms in total. The highest BCUT2D eigenvalue weighted by Crippen LogP contribution is 2.28. The number of hydrogen-bond acceptors (Lipinski definition) is 2. The molecule has 2 N–H and O–H groups in total. The van der Waals surface area contributed by atoms with Gasteiger partial charge < -0.3 is 10.6 Å². The van der Waals surface area contributed by atoms with E-state index in [4.69, 9.17) is 5.73 Å². The quantitative estimate of drug-likeness (QED) is 0.945. The molecule has 3 rings (SSSR count). The first-order valence-electron chi connectivity index (χ1n) is 7.90. The molecule has 22 heavy (non-hydrogen) atoms. The minimum Gasteiger partial charge on any atom is -0.341 e. The summed E-state index contributed by atoms with van der Waals surface area (Å²) in [6.07, 6.45) is 2.02. The molecule has 0 radical (unpaired) electrons. The second-order valence-corrected chi connectivity index (χ2v) is 5.90. The highest BCUT2D eigenvalue weighted by atomic mass is 16.2. The van der Waals surface area contributed by atoms with Crippen LogP contribution < -0.4 is 5.73 Å². The molecule has 0 spiro atoms. The summed E-state index contributed by atoms with van der Waals surface area (Å²) in [5.41, 5.74) is 8.39. The van der Waals surface area contributed by atoms with Crippen LogP contribution in [0.2, 0.25) is 0 Å². The third kappa shape index (κ3) is 3.20. The molecule has 2 aromatic rings. The summed E-state index contributed by atoms with van der Waals surface area (Å²) in [6, 6.07) is 19.6. The Kier molecular flexibility index (Phi) is 4.54. The highest BCUT2D eigenvalue weighted by molar-refractivity contribution is 5.83. The smallest absolute Gasteiger partial charge is 0.244 e. The fraction of sp³-hybridized carbons (Fsp3) is 0.316. The SMILES string of the molecule is N[C@@H](C(=O)N1CCC(c2ccccc2)CC1)c1ccccc1. The van der Waals surface area contributed by atoms with Crippen molar-refractivity contribution < 1.29 is 4.79 Å². The normalized spacial score (nSPS) is 17.2. The van der Waals surface area contributed by atoms with Crippen molar-refractivity contribution in [3.63, 3.8) is 0 Å². The first kappa shape index (κ1) is 14.8. The van der Waals surface area contributed by atoms with E-state index in [-0.39, 0.29) is 5.91 Å². The standard InChI is InChI=1S/C19H22N2O/c20-18(17-9-5-2-6-10-17)19(22)21-13-11-16(12-14-21)15-7-3-1-4-8-15/h1-10,16,18H,11-14,20H2/t18-/m1/s1. The molecule has 1 aliphatic rings. The lowest BCUT2D eigenvalue weighted by molar-refractivity contribution is -0.133. The highest BCUT2D eigenvalue weighted by Gasteiger charge is 2.27. The minimum absolute atomic E-state index is 0.0395. The molecule has 0 unspecified atom stereocenters. The van der Waals surface area contributed by atoms with E-state index in [9.17, 15) is 4.79 Å². The van der Waals surface area contributed by atoms with Crippen molar-refractivity contribution in [2.24, 2.45) is 5.73 Å². The summed E-state index contributed by atoms with van der Waals surface area (Å²) in [7, 11) is 0. The molecule has 1 fully saturated rings. The summed E-state index contributed by atoms with van der Waals surface area (Å²) in [6.45, 7) is 1.58. The molecule has 1 atom stereocenters. The van der Waals surface area contributed by atoms with Gasteiger partial charge in [-0.25, -0.2) is 0 Å². The molecule has 3 heteroatoms. The van der Waals surface area contributed by atoms with Crippen molar-refractivity contribution in [1.29, 1.82) is 0 Å². The second-order valence-electron chi connectivity index (χ2n) is 5.90. The third-order valence-electron chi connectivity index (χ3n) is 4.50. The molecular formula is C19H22N2O. The molecule has 1 amide bonds. The van der Waals surface area contributed by atoms with Crippen molar-refractivity contribution in [1.82, 2.24) is 4.90 Å². The molecule has 0 saturated carbocycles. The number of hydrogen-bond donors (Lipinski definition) is 1. The Bertz CT molecular complexity index is 604. The van der Waals surface area contributed by atoms with Crippen LogP contribution in [0.1, 0.15) is 35.9 Å². The number of nitrogens with zero attached hydrogens (tertiary/aromatic N) is 1. The summed E-state index contributed by atoms with van der Waals surface area (Å²) >= 11 is 0. The van der Waals surface area contributed by atoms with Crippen molar-refractivity contribution in [3.05, 3.63) is 71.8 Å². The van der Waals surface area contributed by atoms with Crippen molar-refractivity contribution in [2.75, 3.05) is 13.1 Å². The van der Waals surface area contributed by atoms with Gasteiger partial charge in [-0.3, -0.25) is 4.79 Å². The van der Waals surface area contributed by atoms with E-state index in [1.807, 2.05) is 41.3 Å². The van der Waals surface area contributed by atoms with Crippen LogP contribution in [-0.2, 0) is 4.79 Å². The van der Waals surface area contributed by atoms with E-state index in [0.717, 1.165) is 31.5 Å². The number of rotatable bonds is 3. The Hall–Kier alpha value is -2.13. The number of amides is 1. The zero-order valence-corrected chi connectivity index (χ0v) is 12.7. The number of piperidine rings is 1. The summed E-state index contributed by atoms with van der Waals surface area (Å²) in [5.74, 6) is 0.593. The van der Waals surface area contributed by atoms with Gasteiger partial charge in [-0.05, 0) is 29.9 Å². The molecule has 0 aliphatic carbocycles. The summed E-state index contributed by atoms with van der Waals surface area (Å²) < 4.78 is 0. The average molecular weight is 294 g/mol. The van der Waals surface area contributed by atoms with Gasteiger partial charge in [0.2, 0.25) is 5.91 Å². The van der Waals surface area contributed by atoms with E-state index in [2.05, 4.69) is 24.3 Å². The van der Waals surface area contributed by atoms with Gasteiger partial charge in [0.15, 0.2) is 0 Å². The Morgan fingerprint density at radius 3 is 2.09 bits per heavy atom. The van der Waals surface area contributed by atoms with Crippen LogP contribution in [0.15, 0.2) is 60.7 Å². The Morgan fingerprint density at radius 2 is 1.50 bits per heavy atom. The molecule has 0 aromatic heterocycles. The first-order valence-corrected chi connectivity index (χ1v) is 7.90. The lowest BCUT2D eigenvalue weighted by Gasteiger charge is -2.33. The van der Waals surface area contributed by atoms with Gasteiger partial charge in [-0.15, -0.1) is 0 Å². The fourth-order valence-corrected chi connectivity index (χ4v) is 3.16. The predicted molar refractivity (Wildman–Crippen MR) is 88.4 cm³/mol. The summed E-state index contributed by atoms with van der Waals surface area (Å²) in [4.78, 5) is 14.5. The van der Waals surface area contributed by atoms with Crippen LogP contribution >= 0.6 is 0 Å². The first-order chi connectivity index (χ1) is 10.8. The zero-order valence-electron chi connectivity index (χ0n) is 12.7. The van der Waals surface area contributed by atoms with E-state index in [1.54, 1.807) is 0 Å². The fourth-order valence-electron chi connectivity index (χ4n) is 3.16. The molecule has 0 bridgehead atoms. The van der Waals surface area contributed by atoms with Gasteiger partial charge in [0, 0.05) is 13.1 Å². The van der Waals surface area contributed by atoms with Crippen LogP contribution in [0, 0.1) is 0 Å². The molecule has 1 heterocycles. The predicted octanol–water partition coefficient (Wildman–Crippen LogP) is 3.09. The van der Waals surface area contributed by atoms with Gasteiger partial charge >= 0.3 is 0 Å². The Morgan fingerprint density at radius 1 is 0.955 bits per heavy atom. The van der Waals surface area contributed by atoms with Gasteiger partial charge in [-0.1, -0.05) is 60.7 Å².